The van der Waals surface area contributed by atoms with Gasteiger partial charge in [0.05, 0.1) is 17.1 Å². The second kappa shape index (κ2) is 6.10. The van der Waals surface area contributed by atoms with Crippen molar-refractivity contribution in [1.82, 2.24) is 15.0 Å². The molecule has 1 aromatic carbocycles. The SMILES string of the molecule is CC(C)[C@@H](Nc1c(F)c(F)nc(F)c1F)c1nc2ccccc2[nH]1. The minimum Gasteiger partial charge on any atom is -0.370 e. The van der Waals surface area contributed by atoms with Crippen LogP contribution in [-0.4, -0.2) is 15.0 Å². The van der Waals surface area contributed by atoms with Gasteiger partial charge in [-0.1, -0.05) is 26.0 Å². The van der Waals surface area contributed by atoms with Gasteiger partial charge in [0.15, 0.2) is 0 Å². The molecule has 24 heavy (non-hydrogen) atoms. The van der Waals surface area contributed by atoms with Crippen LogP contribution in [0.25, 0.3) is 11.0 Å². The van der Waals surface area contributed by atoms with Gasteiger partial charge in [0.1, 0.15) is 11.5 Å². The van der Waals surface area contributed by atoms with Crippen molar-refractivity contribution in [2.24, 2.45) is 5.92 Å². The van der Waals surface area contributed by atoms with Crippen LogP contribution in [0.15, 0.2) is 24.3 Å². The number of hydrogen-bond acceptors (Lipinski definition) is 3. The average Bonchev–Trinajstić information content (AvgIpc) is 2.96. The normalized spacial score (nSPS) is 12.8. The van der Waals surface area contributed by atoms with E-state index in [1.165, 1.54) is 0 Å². The monoisotopic (exact) mass is 338 g/mol. The van der Waals surface area contributed by atoms with E-state index in [1.54, 1.807) is 32.0 Å². The molecule has 2 heterocycles. The van der Waals surface area contributed by atoms with Crippen LogP contribution in [-0.2, 0) is 0 Å². The molecule has 0 aliphatic carbocycles. The maximum absolute atomic E-state index is 13.8. The fraction of sp³-hybridized carbons (Fsp3) is 0.250. The van der Waals surface area contributed by atoms with Gasteiger partial charge in [0, 0.05) is 0 Å². The Bertz CT molecular complexity index is 832. The van der Waals surface area contributed by atoms with Crippen molar-refractivity contribution < 1.29 is 17.6 Å². The topological polar surface area (TPSA) is 53.6 Å². The zero-order chi connectivity index (χ0) is 17.4. The molecule has 0 aliphatic heterocycles. The smallest absolute Gasteiger partial charge is 0.253 e. The third-order valence-corrected chi connectivity index (χ3v) is 3.67. The number of rotatable bonds is 4. The Hall–Kier alpha value is -2.64. The molecular formula is C16H14F4N4. The molecule has 0 unspecified atom stereocenters. The summed E-state index contributed by atoms with van der Waals surface area (Å²) >= 11 is 0. The predicted molar refractivity (Wildman–Crippen MR) is 81.4 cm³/mol. The highest BCUT2D eigenvalue weighted by molar-refractivity contribution is 5.75. The van der Waals surface area contributed by atoms with Crippen LogP contribution in [0.2, 0.25) is 0 Å². The summed E-state index contributed by atoms with van der Waals surface area (Å²) in [5.41, 5.74) is 0.514. The molecule has 0 saturated carbocycles. The second-order valence-electron chi connectivity index (χ2n) is 5.70. The Kier molecular flexibility index (Phi) is 4.13. The summed E-state index contributed by atoms with van der Waals surface area (Å²) < 4.78 is 54.3. The number of para-hydroxylation sites is 2. The average molecular weight is 338 g/mol. The van der Waals surface area contributed by atoms with E-state index in [1.807, 2.05) is 6.07 Å². The van der Waals surface area contributed by atoms with E-state index < -0.39 is 35.3 Å². The first-order chi connectivity index (χ1) is 11.4. The van der Waals surface area contributed by atoms with Crippen molar-refractivity contribution in [3.63, 3.8) is 0 Å². The molecular weight excluding hydrogens is 324 g/mol. The minimum absolute atomic E-state index is 0.177. The van der Waals surface area contributed by atoms with Crippen LogP contribution in [0.4, 0.5) is 23.2 Å². The Morgan fingerprint density at radius 3 is 2.17 bits per heavy atom. The molecule has 2 N–H and O–H groups in total. The molecule has 8 heteroatoms. The zero-order valence-corrected chi connectivity index (χ0v) is 12.9. The van der Waals surface area contributed by atoms with E-state index in [-0.39, 0.29) is 5.92 Å². The fourth-order valence-corrected chi connectivity index (χ4v) is 2.44. The quantitative estimate of drug-likeness (QED) is 0.550. The Labute approximate surface area is 134 Å². The van der Waals surface area contributed by atoms with Crippen molar-refractivity contribution in [3.8, 4) is 0 Å². The molecule has 0 amide bonds. The number of benzene rings is 1. The van der Waals surface area contributed by atoms with Crippen molar-refractivity contribution in [2.75, 3.05) is 5.32 Å². The van der Waals surface area contributed by atoms with E-state index >= 15 is 0 Å². The van der Waals surface area contributed by atoms with Crippen LogP contribution in [0, 0.1) is 29.4 Å². The summed E-state index contributed by atoms with van der Waals surface area (Å²) in [6.45, 7) is 3.57. The third-order valence-electron chi connectivity index (χ3n) is 3.67. The molecule has 126 valence electrons. The lowest BCUT2D eigenvalue weighted by molar-refractivity contribution is 0.406. The van der Waals surface area contributed by atoms with Gasteiger partial charge in [-0.15, -0.1) is 0 Å². The second-order valence-corrected chi connectivity index (χ2v) is 5.70. The van der Waals surface area contributed by atoms with Gasteiger partial charge in [0.2, 0.25) is 11.6 Å². The van der Waals surface area contributed by atoms with Gasteiger partial charge in [0.25, 0.3) is 11.9 Å². The van der Waals surface area contributed by atoms with E-state index in [0.717, 1.165) is 5.52 Å². The molecule has 3 rings (SSSR count). The number of halogens is 4. The van der Waals surface area contributed by atoms with Gasteiger partial charge >= 0.3 is 0 Å². The number of nitrogens with zero attached hydrogens (tertiary/aromatic N) is 2. The van der Waals surface area contributed by atoms with Gasteiger partial charge in [-0.05, 0) is 18.1 Å². The number of anilines is 1. The van der Waals surface area contributed by atoms with Crippen molar-refractivity contribution in [2.45, 2.75) is 19.9 Å². The number of pyridine rings is 1. The number of aromatic amines is 1. The molecule has 0 radical (unpaired) electrons. The Balaban J connectivity index is 2.04. The van der Waals surface area contributed by atoms with Crippen LogP contribution in [0.5, 0.6) is 0 Å². The minimum atomic E-state index is -1.71. The first-order valence-electron chi connectivity index (χ1n) is 7.29. The summed E-state index contributed by atoms with van der Waals surface area (Å²) in [7, 11) is 0. The number of fused-ring (bicyclic) bond motifs is 1. The van der Waals surface area contributed by atoms with Crippen LogP contribution >= 0.6 is 0 Å². The van der Waals surface area contributed by atoms with E-state index in [4.69, 9.17) is 0 Å². The van der Waals surface area contributed by atoms with Crippen LogP contribution in [0.1, 0.15) is 25.7 Å². The highest BCUT2D eigenvalue weighted by Crippen LogP contribution is 2.30. The lowest BCUT2D eigenvalue weighted by Gasteiger charge is -2.22. The Morgan fingerprint density at radius 1 is 0.958 bits per heavy atom. The Morgan fingerprint density at radius 2 is 1.58 bits per heavy atom. The van der Waals surface area contributed by atoms with Crippen molar-refractivity contribution in [3.05, 3.63) is 53.6 Å². The number of aromatic nitrogens is 3. The number of imidazole rings is 1. The molecule has 0 bridgehead atoms. The molecule has 2 aromatic heterocycles. The van der Waals surface area contributed by atoms with Crippen molar-refractivity contribution >= 4 is 16.7 Å². The first kappa shape index (κ1) is 16.2. The molecule has 3 aromatic rings. The maximum Gasteiger partial charge on any atom is 0.253 e. The first-order valence-corrected chi connectivity index (χ1v) is 7.29. The molecule has 4 nitrogen and oxygen atoms in total. The summed E-state index contributed by atoms with van der Waals surface area (Å²) in [5.74, 6) is -6.33. The number of hydrogen-bond donors (Lipinski definition) is 2. The van der Waals surface area contributed by atoms with E-state index in [2.05, 4.69) is 20.3 Å². The largest absolute Gasteiger partial charge is 0.370 e. The van der Waals surface area contributed by atoms with Gasteiger partial charge < -0.3 is 10.3 Å². The van der Waals surface area contributed by atoms with Gasteiger partial charge in [-0.3, -0.25) is 0 Å². The van der Waals surface area contributed by atoms with Gasteiger partial charge in [-0.2, -0.15) is 22.5 Å². The molecule has 0 fully saturated rings. The van der Waals surface area contributed by atoms with E-state index in [0.29, 0.717) is 11.3 Å². The highest BCUT2D eigenvalue weighted by atomic mass is 19.2. The standard InChI is InChI=1S/C16H14F4N4/c1-7(2)12(16-21-8-5-3-4-6-9(8)22-16)23-13-10(17)14(19)24-15(20)11(13)18/h3-7,12H,1-2H3,(H,21,22)(H,23,24)/t12-/m1/s1. The molecule has 0 saturated heterocycles. The molecule has 1 atom stereocenters. The number of nitrogens with one attached hydrogen (secondary N) is 2. The van der Waals surface area contributed by atoms with Gasteiger partial charge in [-0.25, -0.2) is 4.98 Å². The molecule has 0 aliphatic rings. The van der Waals surface area contributed by atoms with E-state index in [9.17, 15) is 17.6 Å². The fourth-order valence-electron chi connectivity index (χ4n) is 2.44. The maximum atomic E-state index is 13.8. The van der Waals surface area contributed by atoms with Crippen molar-refractivity contribution in [1.29, 1.82) is 0 Å². The highest BCUT2D eigenvalue weighted by Gasteiger charge is 2.26. The molecule has 0 spiro atoms. The lowest BCUT2D eigenvalue weighted by atomic mass is 10.0. The van der Waals surface area contributed by atoms with Crippen LogP contribution in [0.3, 0.4) is 0 Å². The zero-order valence-electron chi connectivity index (χ0n) is 12.9. The van der Waals surface area contributed by atoms with Crippen LogP contribution < -0.4 is 5.32 Å². The summed E-state index contributed by atoms with van der Waals surface area (Å²) in [4.78, 5) is 9.96. The third kappa shape index (κ3) is 2.79. The number of H-pyrrole nitrogens is 1. The lowest BCUT2D eigenvalue weighted by Crippen LogP contribution is -2.21. The predicted octanol–water partition coefficient (Wildman–Crippen LogP) is 4.32. The summed E-state index contributed by atoms with van der Waals surface area (Å²) in [6, 6.07) is 6.50. The summed E-state index contributed by atoms with van der Waals surface area (Å²) in [6.07, 6.45) is 0. The summed E-state index contributed by atoms with van der Waals surface area (Å²) in [5, 5.41) is 2.51.